The number of aliphatic hydroxyl groups is 1. The standard InChI is InChI=1S/C24H37NO/c1-15-13-16-14-17(26)8-10-23(16,2)20-9-11-24(3)18(21-5-4-12-25-21)6-7-19(24)22(15)20/h6,13,15,17,19-22,25-26H,4-5,7-12,14H2,1-3H3/t15-,17-,19-,20-,21?,22-,23-,24+/m0/s1. The monoisotopic (exact) mass is 355 g/mol. The third-order valence-electron chi connectivity index (χ3n) is 9.48. The van der Waals surface area contributed by atoms with Crippen LogP contribution in [0.15, 0.2) is 23.3 Å². The summed E-state index contributed by atoms with van der Waals surface area (Å²) < 4.78 is 0. The Morgan fingerprint density at radius 3 is 2.65 bits per heavy atom. The van der Waals surface area contributed by atoms with Crippen molar-refractivity contribution in [3.8, 4) is 0 Å². The van der Waals surface area contributed by atoms with Gasteiger partial charge in [-0.05, 0) is 92.4 Å². The zero-order valence-corrected chi connectivity index (χ0v) is 16.9. The molecule has 0 aromatic rings. The van der Waals surface area contributed by atoms with Crippen molar-refractivity contribution < 1.29 is 5.11 Å². The number of hydrogen-bond donors (Lipinski definition) is 2. The Labute approximate surface area is 159 Å². The summed E-state index contributed by atoms with van der Waals surface area (Å²) in [7, 11) is 0. The second-order valence-corrected chi connectivity index (χ2v) is 10.7. The predicted molar refractivity (Wildman–Crippen MR) is 107 cm³/mol. The van der Waals surface area contributed by atoms with Gasteiger partial charge in [-0.1, -0.05) is 44.1 Å². The largest absolute Gasteiger partial charge is 0.393 e. The molecule has 1 heterocycles. The third-order valence-corrected chi connectivity index (χ3v) is 9.48. The molecular formula is C24H37NO. The van der Waals surface area contributed by atoms with Crippen molar-refractivity contribution in [3.63, 3.8) is 0 Å². The first-order valence-corrected chi connectivity index (χ1v) is 11.3. The fourth-order valence-electron chi connectivity index (χ4n) is 8.09. The van der Waals surface area contributed by atoms with E-state index >= 15 is 0 Å². The molecule has 2 saturated carbocycles. The van der Waals surface area contributed by atoms with Crippen LogP contribution in [0.4, 0.5) is 0 Å². The molecule has 0 aromatic carbocycles. The molecule has 2 heteroatoms. The van der Waals surface area contributed by atoms with Gasteiger partial charge in [-0.15, -0.1) is 0 Å². The second kappa shape index (κ2) is 5.95. The topological polar surface area (TPSA) is 32.3 Å². The zero-order valence-electron chi connectivity index (χ0n) is 16.9. The van der Waals surface area contributed by atoms with E-state index in [1.54, 1.807) is 11.1 Å². The van der Waals surface area contributed by atoms with Crippen LogP contribution in [0.2, 0.25) is 0 Å². The molecule has 1 aliphatic heterocycles. The Kier molecular flexibility index (Phi) is 4.00. The van der Waals surface area contributed by atoms with Crippen LogP contribution >= 0.6 is 0 Å². The highest BCUT2D eigenvalue weighted by Gasteiger charge is 2.58. The maximum absolute atomic E-state index is 10.2. The molecule has 2 nitrogen and oxygen atoms in total. The number of aliphatic hydroxyl groups excluding tert-OH is 1. The molecule has 5 aliphatic rings. The average Bonchev–Trinajstić information content (AvgIpc) is 3.23. The molecule has 26 heavy (non-hydrogen) atoms. The zero-order chi connectivity index (χ0) is 18.1. The quantitative estimate of drug-likeness (QED) is 0.659. The summed E-state index contributed by atoms with van der Waals surface area (Å²) in [5.74, 6) is 3.15. The van der Waals surface area contributed by atoms with Gasteiger partial charge >= 0.3 is 0 Å². The summed E-state index contributed by atoms with van der Waals surface area (Å²) in [5, 5.41) is 14.0. The molecule has 5 rings (SSSR count). The molecule has 0 spiro atoms. The maximum atomic E-state index is 10.2. The van der Waals surface area contributed by atoms with E-state index in [4.69, 9.17) is 0 Å². The Morgan fingerprint density at radius 2 is 1.88 bits per heavy atom. The van der Waals surface area contributed by atoms with E-state index in [0.29, 0.717) is 22.8 Å². The van der Waals surface area contributed by atoms with E-state index in [2.05, 4.69) is 38.2 Å². The molecular weight excluding hydrogens is 318 g/mol. The predicted octanol–water partition coefficient (Wildman–Crippen LogP) is 4.84. The van der Waals surface area contributed by atoms with E-state index in [1.165, 1.54) is 45.1 Å². The van der Waals surface area contributed by atoms with Gasteiger partial charge in [0.25, 0.3) is 0 Å². The normalized spacial score (nSPS) is 53.4. The molecule has 8 atom stereocenters. The maximum Gasteiger partial charge on any atom is 0.0577 e. The van der Waals surface area contributed by atoms with Gasteiger partial charge in [0.1, 0.15) is 0 Å². The second-order valence-electron chi connectivity index (χ2n) is 10.7. The van der Waals surface area contributed by atoms with Crippen molar-refractivity contribution >= 4 is 0 Å². The van der Waals surface area contributed by atoms with Crippen molar-refractivity contribution in [2.24, 2.45) is 34.5 Å². The first-order chi connectivity index (χ1) is 12.4. The Hall–Kier alpha value is -0.600. The van der Waals surface area contributed by atoms with Crippen molar-refractivity contribution in [1.82, 2.24) is 5.32 Å². The van der Waals surface area contributed by atoms with Crippen LogP contribution in [0.1, 0.15) is 72.1 Å². The highest BCUT2D eigenvalue weighted by Crippen LogP contribution is 2.66. The Morgan fingerprint density at radius 1 is 1.08 bits per heavy atom. The van der Waals surface area contributed by atoms with Crippen LogP contribution in [0.3, 0.4) is 0 Å². The van der Waals surface area contributed by atoms with Crippen molar-refractivity contribution in [3.05, 3.63) is 23.3 Å². The highest BCUT2D eigenvalue weighted by molar-refractivity contribution is 5.33. The summed E-state index contributed by atoms with van der Waals surface area (Å²) >= 11 is 0. The summed E-state index contributed by atoms with van der Waals surface area (Å²) in [6.07, 6.45) is 15.0. The van der Waals surface area contributed by atoms with Gasteiger partial charge in [0.05, 0.1) is 6.10 Å². The van der Waals surface area contributed by atoms with Gasteiger partial charge in [0, 0.05) is 6.04 Å². The van der Waals surface area contributed by atoms with Crippen LogP contribution < -0.4 is 5.32 Å². The van der Waals surface area contributed by atoms with Gasteiger partial charge in [-0.2, -0.15) is 0 Å². The summed E-state index contributed by atoms with van der Waals surface area (Å²) in [5.41, 5.74) is 4.14. The first-order valence-electron chi connectivity index (χ1n) is 11.3. The van der Waals surface area contributed by atoms with E-state index < -0.39 is 0 Å². The fraction of sp³-hybridized carbons (Fsp3) is 0.833. The summed E-state index contributed by atoms with van der Waals surface area (Å²) in [6.45, 7) is 8.82. The van der Waals surface area contributed by atoms with Gasteiger partial charge in [0.2, 0.25) is 0 Å². The Bertz CT molecular complexity index is 645. The lowest BCUT2D eigenvalue weighted by Crippen LogP contribution is -2.53. The number of fused-ring (bicyclic) bond motifs is 5. The fourth-order valence-corrected chi connectivity index (χ4v) is 8.09. The smallest absolute Gasteiger partial charge is 0.0577 e. The molecule has 4 aliphatic carbocycles. The van der Waals surface area contributed by atoms with Crippen molar-refractivity contribution in [2.75, 3.05) is 6.54 Å². The van der Waals surface area contributed by atoms with Gasteiger partial charge in [-0.25, -0.2) is 0 Å². The molecule has 144 valence electrons. The molecule has 3 fully saturated rings. The average molecular weight is 356 g/mol. The molecule has 0 bridgehead atoms. The van der Waals surface area contributed by atoms with E-state index in [0.717, 1.165) is 30.6 Å². The molecule has 0 aromatic heterocycles. The van der Waals surface area contributed by atoms with Crippen LogP contribution in [-0.4, -0.2) is 23.8 Å². The minimum absolute atomic E-state index is 0.0971. The lowest BCUT2D eigenvalue weighted by atomic mass is 9.45. The van der Waals surface area contributed by atoms with Crippen LogP contribution in [-0.2, 0) is 0 Å². The molecule has 1 saturated heterocycles. The van der Waals surface area contributed by atoms with Crippen LogP contribution in [0, 0.1) is 34.5 Å². The summed E-state index contributed by atoms with van der Waals surface area (Å²) in [6, 6.07) is 0.659. The number of nitrogens with one attached hydrogen (secondary N) is 1. The Balaban J connectivity index is 1.48. The lowest BCUT2D eigenvalue weighted by molar-refractivity contribution is -0.0491. The van der Waals surface area contributed by atoms with Crippen LogP contribution in [0.5, 0.6) is 0 Å². The van der Waals surface area contributed by atoms with Gasteiger partial charge in [0.15, 0.2) is 0 Å². The van der Waals surface area contributed by atoms with E-state index in [1.807, 2.05) is 0 Å². The van der Waals surface area contributed by atoms with Gasteiger partial charge in [-0.3, -0.25) is 0 Å². The number of allylic oxidation sites excluding steroid dienone is 2. The van der Waals surface area contributed by atoms with Crippen LogP contribution in [0.25, 0.3) is 0 Å². The number of rotatable bonds is 1. The van der Waals surface area contributed by atoms with Crippen molar-refractivity contribution in [1.29, 1.82) is 0 Å². The SMILES string of the molecule is C[C@H]1C=C2C[C@@H](O)CC[C@]2(C)[C@H]2CC[C@]3(C)C(C4CCCN4)=CC[C@H]3[C@H]12. The minimum Gasteiger partial charge on any atom is -0.393 e. The van der Waals surface area contributed by atoms with E-state index in [-0.39, 0.29) is 6.10 Å². The van der Waals surface area contributed by atoms with Crippen molar-refractivity contribution in [2.45, 2.75) is 84.3 Å². The third kappa shape index (κ3) is 2.30. The molecule has 0 amide bonds. The number of hydrogen-bond acceptors (Lipinski definition) is 2. The van der Waals surface area contributed by atoms with Gasteiger partial charge < -0.3 is 10.4 Å². The molecule has 2 N–H and O–H groups in total. The molecule has 1 unspecified atom stereocenters. The minimum atomic E-state index is -0.0971. The lowest BCUT2D eigenvalue weighted by Gasteiger charge is -2.59. The highest BCUT2D eigenvalue weighted by atomic mass is 16.3. The van der Waals surface area contributed by atoms with E-state index in [9.17, 15) is 5.11 Å². The molecule has 0 radical (unpaired) electrons. The first kappa shape index (κ1) is 17.5. The summed E-state index contributed by atoms with van der Waals surface area (Å²) in [4.78, 5) is 0.